The first-order valence-corrected chi connectivity index (χ1v) is 8.72. The lowest BCUT2D eigenvalue weighted by atomic mass is 10.2. The highest BCUT2D eigenvalue weighted by Crippen LogP contribution is 2.34. The molecule has 0 aliphatic carbocycles. The molecule has 2 aromatic carbocycles. The average Bonchev–Trinajstić information content (AvgIpc) is 2.80. The van der Waals surface area contributed by atoms with Gasteiger partial charge in [0, 0.05) is 9.13 Å². The van der Waals surface area contributed by atoms with Crippen LogP contribution in [0.2, 0.25) is 0 Å². The van der Waals surface area contributed by atoms with E-state index in [0.717, 1.165) is 20.9 Å². The molecule has 0 bridgehead atoms. The van der Waals surface area contributed by atoms with Crippen LogP contribution in [0.4, 0.5) is 4.79 Å². The molecule has 116 valence electrons. The highest BCUT2D eigenvalue weighted by Gasteiger charge is 2.35. The van der Waals surface area contributed by atoms with Gasteiger partial charge in [0.05, 0.1) is 11.4 Å². The van der Waals surface area contributed by atoms with Crippen LogP contribution in [0.15, 0.2) is 53.4 Å². The molecule has 1 N–H and O–H groups in total. The van der Waals surface area contributed by atoms with Crippen molar-refractivity contribution in [3.05, 3.63) is 68.1 Å². The lowest BCUT2D eigenvalue weighted by Gasteiger charge is -2.12. The van der Waals surface area contributed by atoms with Gasteiger partial charge < -0.3 is 5.11 Å². The maximum Gasteiger partial charge on any atom is 0.293 e. The van der Waals surface area contributed by atoms with Crippen LogP contribution in [0.3, 0.4) is 0 Å². The summed E-state index contributed by atoms with van der Waals surface area (Å²) in [6, 6.07) is 14.5. The molecule has 3 rings (SSSR count). The Morgan fingerprint density at radius 3 is 2.61 bits per heavy atom. The van der Waals surface area contributed by atoms with E-state index in [2.05, 4.69) is 22.6 Å². The zero-order chi connectivity index (χ0) is 16.4. The van der Waals surface area contributed by atoms with Gasteiger partial charge in [0.25, 0.3) is 11.1 Å². The number of phenols is 1. The number of nitrogens with zero attached hydrogens (tertiary/aromatic N) is 1. The second-order valence-corrected chi connectivity index (χ2v) is 7.20. The molecule has 1 fully saturated rings. The van der Waals surface area contributed by atoms with Crippen LogP contribution < -0.4 is 0 Å². The maximum absolute atomic E-state index is 12.5. The number of amides is 2. The van der Waals surface area contributed by atoms with Crippen molar-refractivity contribution in [1.82, 2.24) is 4.90 Å². The van der Waals surface area contributed by atoms with Crippen molar-refractivity contribution in [2.75, 3.05) is 0 Å². The number of benzene rings is 2. The van der Waals surface area contributed by atoms with Gasteiger partial charge in [-0.2, -0.15) is 0 Å². The second kappa shape index (κ2) is 6.76. The van der Waals surface area contributed by atoms with Gasteiger partial charge in [0.15, 0.2) is 0 Å². The summed E-state index contributed by atoms with van der Waals surface area (Å²) in [5, 5.41) is 9.59. The minimum atomic E-state index is -0.331. The van der Waals surface area contributed by atoms with Crippen LogP contribution in [0, 0.1) is 3.57 Å². The maximum atomic E-state index is 12.5. The number of aromatic hydroxyl groups is 1. The van der Waals surface area contributed by atoms with E-state index in [1.807, 2.05) is 30.3 Å². The van der Waals surface area contributed by atoms with Crippen molar-refractivity contribution in [3.8, 4) is 5.75 Å². The Kier molecular flexibility index (Phi) is 4.72. The predicted octanol–water partition coefficient (Wildman–Crippen LogP) is 4.23. The Bertz CT molecular complexity index is 805. The van der Waals surface area contributed by atoms with Crippen molar-refractivity contribution in [1.29, 1.82) is 0 Å². The van der Waals surface area contributed by atoms with E-state index in [1.165, 1.54) is 4.90 Å². The monoisotopic (exact) mass is 437 g/mol. The van der Waals surface area contributed by atoms with E-state index in [0.29, 0.717) is 10.5 Å². The topological polar surface area (TPSA) is 57.6 Å². The van der Waals surface area contributed by atoms with E-state index >= 15 is 0 Å². The zero-order valence-electron chi connectivity index (χ0n) is 11.9. The van der Waals surface area contributed by atoms with E-state index in [4.69, 9.17) is 0 Å². The fraction of sp³-hybridized carbons (Fsp3) is 0.0588. The van der Waals surface area contributed by atoms with Gasteiger partial charge in [-0.25, -0.2) is 0 Å². The third-order valence-corrected chi connectivity index (χ3v) is 4.91. The number of thioether (sulfide) groups is 1. The second-order valence-electron chi connectivity index (χ2n) is 4.96. The van der Waals surface area contributed by atoms with Gasteiger partial charge in [-0.1, -0.05) is 30.3 Å². The summed E-state index contributed by atoms with van der Waals surface area (Å²) in [5.74, 6) is -0.248. The number of carbonyl (C=O) groups excluding carboxylic acids is 2. The molecule has 1 aliphatic heterocycles. The lowest BCUT2D eigenvalue weighted by Crippen LogP contribution is -2.27. The van der Waals surface area contributed by atoms with Crippen LogP contribution in [0.1, 0.15) is 11.1 Å². The first-order chi connectivity index (χ1) is 11.0. The smallest absolute Gasteiger partial charge is 0.293 e. The summed E-state index contributed by atoms with van der Waals surface area (Å²) < 4.78 is 0.940. The molecule has 0 aromatic heterocycles. The number of hydrogen-bond donors (Lipinski definition) is 1. The summed E-state index contributed by atoms with van der Waals surface area (Å²) in [6.45, 7) is 0.251. The number of hydrogen-bond acceptors (Lipinski definition) is 4. The fourth-order valence-corrected chi connectivity index (χ4v) is 3.53. The molecule has 23 heavy (non-hydrogen) atoms. The van der Waals surface area contributed by atoms with Gasteiger partial charge in [-0.15, -0.1) is 0 Å². The Morgan fingerprint density at radius 2 is 1.87 bits per heavy atom. The molecule has 1 aliphatic rings. The molecule has 0 spiro atoms. The molecule has 1 heterocycles. The van der Waals surface area contributed by atoms with Crippen LogP contribution >= 0.6 is 34.4 Å². The first kappa shape index (κ1) is 16.1. The quantitative estimate of drug-likeness (QED) is 0.577. The minimum Gasteiger partial charge on any atom is -0.507 e. The van der Waals surface area contributed by atoms with E-state index in [-0.39, 0.29) is 23.4 Å². The molecule has 2 amide bonds. The highest BCUT2D eigenvalue weighted by molar-refractivity contribution is 14.1. The summed E-state index contributed by atoms with van der Waals surface area (Å²) in [5.41, 5.74) is 1.43. The molecule has 0 saturated carbocycles. The zero-order valence-corrected chi connectivity index (χ0v) is 14.9. The van der Waals surface area contributed by atoms with Gasteiger partial charge in [0.1, 0.15) is 5.75 Å². The van der Waals surface area contributed by atoms with E-state index < -0.39 is 0 Å². The van der Waals surface area contributed by atoms with Crippen molar-refractivity contribution in [3.63, 3.8) is 0 Å². The van der Waals surface area contributed by atoms with Gasteiger partial charge in [-0.3, -0.25) is 14.5 Å². The van der Waals surface area contributed by atoms with Gasteiger partial charge >= 0.3 is 0 Å². The molecular weight excluding hydrogens is 425 g/mol. The third-order valence-electron chi connectivity index (χ3n) is 3.33. The van der Waals surface area contributed by atoms with E-state index in [1.54, 1.807) is 24.3 Å². The molecule has 1 saturated heterocycles. The average molecular weight is 437 g/mol. The Labute approximate surface area is 151 Å². The molecule has 0 radical (unpaired) electrons. The van der Waals surface area contributed by atoms with Crippen LogP contribution in [0.25, 0.3) is 6.08 Å². The van der Waals surface area contributed by atoms with Crippen LogP contribution in [-0.2, 0) is 11.3 Å². The number of imide groups is 1. The number of rotatable bonds is 3. The van der Waals surface area contributed by atoms with Crippen molar-refractivity contribution < 1.29 is 14.7 Å². The largest absolute Gasteiger partial charge is 0.507 e. The molecule has 4 nitrogen and oxygen atoms in total. The predicted molar refractivity (Wildman–Crippen MR) is 98.8 cm³/mol. The van der Waals surface area contributed by atoms with Crippen LogP contribution in [0.5, 0.6) is 5.75 Å². The summed E-state index contributed by atoms with van der Waals surface area (Å²) >= 11 is 3.02. The number of halogens is 1. The summed E-state index contributed by atoms with van der Waals surface area (Å²) in [4.78, 5) is 26.1. The molecule has 2 aromatic rings. The minimum absolute atomic E-state index is 0.0836. The Hall–Kier alpha value is -1.80. The SMILES string of the molecule is O=C1S/C(=C\c2cc(I)ccc2O)C(=O)N1Cc1ccccc1. The van der Waals surface area contributed by atoms with Crippen molar-refractivity contribution >= 4 is 51.6 Å². The van der Waals surface area contributed by atoms with Gasteiger partial charge in [-0.05, 0) is 64.2 Å². The number of phenolic OH excluding ortho intramolecular Hbond substituents is 1. The third kappa shape index (κ3) is 3.59. The molecule has 0 unspecified atom stereocenters. The molecular formula is C17H12INO3S. The molecule has 0 atom stereocenters. The Balaban J connectivity index is 1.86. The standard InChI is InChI=1S/C17H12INO3S/c18-13-6-7-14(20)12(8-13)9-15-16(21)19(17(22)23-15)10-11-4-2-1-3-5-11/h1-9,20H,10H2/b15-9-. The molecule has 6 heteroatoms. The highest BCUT2D eigenvalue weighted by atomic mass is 127. The fourth-order valence-electron chi connectivity index (χ4n) is 2.18. The van der Waals surface area contributed by atoms with Gasteiger partial charge in [0.2, 0.25) is 0 Å². The van der Waals surface area contributed by atoms with Crippen molar-refractivity contribution in [2.24, 2.45) is 0 Å². The van der Waals surface area contributed by atoms with Crippen molar-refractivity contribution in [2.45, 2.75) is 6.54 Å². The van der Waals surface area contributed by atoms with Crippen LogP contribution in [-0.4, -0.2) is 21.2 Å². The number of carbonyl (C=O) groups is 2. The first-order valence-electron chi connectivity index (χ1n) is 6.82. The summed E-state index contributed by atoms with van der Waals surface area (Å²) in [6.07, 6.45) is 1.56. The Morgan fingerprint density at radius 1 is 1.13 bits per heavy atom. The lowest BCUT2D eigenvalue weighted by molar-refractivity contribution is -0.123. The summed E-state index contributed by atoms with van der Waals surface area (Å²) in [7, 11) is 0. The normalized spacial score (nSPS) is 16.4. The van der Waals surface area contributed by atoms with E-state index in [9.17, 15) is 14.7 Å².